The number of piperidine rings is 1. The number of fused-ring (bicyclic) bond motifs is 1. The van der Waals surface area contributed by atoms with Gasteiger partial charge in [0.25, 0.3) is 0 Å². The van der Waals surface area contributed by atoms with Crippen molar-refractivity contribution in [3.05, 3.63) is 39.9 Å². The SMILES string of the molecule is O=C1NC(Cc2cccs2)C(=O)N2CCC(NS(=O)(=O)c3cccs3)CC12. The summed E-state index contributed by atoms with van der Waals surface area (Å²) in [5.41, 5.74) is 0. The molecule has 0 saturated carbocycles. The predicted octanol–water partition coefficient (Wildman–Crippen LogP) is 1.19. The van der Waals surface area contributed by atoms with Crippen molar-refractivity contribution in [2.24, 2.45) is 0 Å². The molecule has 3 unspecified atom stereocenters. The van der Waals surface area contributed by atoms with Crippen LogP contribution in [-0.4, -0.2) is 49.8 Å². The van der Waals surface area contributed by atoms with Crippen LogP contribution in [0.2, 0.25) is 0 Å². The highest BCUT2D eigenvalue weighted by Crippen LogP contribution is 2.26. The predicted molar refractivity (Wildman–Crippen MR) is 103 cm³/mol. The van der Waals surface area contributed by atoms with E-state index in [2.05, 4.69) is 10.0 Å². The summed E-state index contributed by atoms with van der Waals surface area (Å²) in [4.78, 5) is 28.0. The van der Waals surface area contributed by atoms with Crippen LogP contribution >= 0.6 is 22.7 Å². The van der Waals surface area contributed by atoms with Gasteiger partial charge in [0.15, 0.2) is 0 Å². The lowest BCUT2D eigenvalue weighted by atomic mass is 9.93. The van der Waals surface area contributed by atoms with E-state index in [0.29, 0.717) is 19.4 Å². The van der Waals surface area contributed by atoms with E-state index in [9.17, 15) is 18.0 Å². The minimum atomic E-state index is -3.60. The Balaban J connectivity index is 1.43. The summed E-state index contributed by atoms with van der Waals surface area (Å²) in [7, 11) is -3.60. The lowest BCUT2D eigenvalue weighted by Gasteiger charge is -2.44. The number of hydrogen-bond donors (Lipinski definition) is 2. The van der Waals surface area contributed by atoms with Crippen LogP contribution in [0.4, 0.5) is 0 Å². The number of sulfonamides is 1. The van der Waals surface area contributed by atoms with Gasteiger partial charge in [-0.2, -0.15) is 0 Å². The topological polar surface area (TPSA) is 95.6 Å². The first-order valence-electron chi connectivity index (χ1n) is 8.63. The van der Waals surface area contributed by atoms with Gasteiger partial charge in [-0.25, -0.2) is 13.1 Å². The molecule has 0 radical (unpaired) electrons. The van der Waals surface area contributed by atoms with E-state index in [1.165, 1.54) is 0 Å². The van der Waals surface area contributed by atoms with E-state index in [1.54, 1.807) is 33.7 Å². The monoisotopic (exact) mass is 425 g/mol. The van der Waals surface area contributed by atoms with Gasteiger partial charge in [0.2, 0.25) is 21.8 Å². The van der Waals surface area contributed by atoms with Crippen molar-refractivity contribution < 1.29 is 18.0 Å². The molecule has 0 aliphatic carbocycles. The quantitative estimate of drug-likeness (QED) is 0.752. The molecule has 2 amide bonds. The van der Waals surface area contributed by atoms with Gasteiger partial charge in [-0.1, -0.05) is 12.1 Å². The minimum absolute atomic E-state index is 0.0902. The largest absolute Gasteiger partial charge is 0.342 e. The summed E-state index contributed by atoms with van der Waals surface area (Å²) in [5.74, 6) is -0.302. The molecule has 2 aromatic heterocycles. The number of amides is 2. The molecular weight excluding hydrogens is 406 g/mol. The Morgan fingerprint density at radius 2 is 1.96 bits per heavy atom. The molecule has 27 heavy (non-hydrogen) atoms. The maximum absolute atomic E-state index is 12.8. The molecule has 0 aromatic carbocycles. The Bertz CT molecular complexity index is 925. The normalized spacial score (nSPS) is 25.9. The van der Waals surface area contributed by atoms with Crippen LogP contribution in [0.15, 0.2) is 39.2 Å². The molecule has 2 aliphatic heterocycles. The molecule has 4 rings (SSSR count). The van der Waals surface area contributed by atoms with E-state index >= 15 is 0 Å². The minimum Gasteiger partial charge on any atom is -0.342 e. The summed E-state index contributed by atoms with van der Waals surface area (Å²) >= 11 is 2.71. The van der Waals surface area contributed by atoms with Gasteiger partial charge < -0.3 is 10.2 Å². The summed E-state index contributed by atoms with van der Waals surface area (Å²) in [6.45, 7) is 0.371. The number of piperazine rings is 1. The van der Waals surface area contributed by atoms with Gasteiger partial charge in [0.05, 0.1) is 0 Å². The number of rotatable bonds is 5. The van der Waals surface area contributed by atoms with Crippen molar-refractivity contribution >= 4 is 44.5 Å². The van der Waals surface area contributed by atoms with Gasteiger partial charge in [0.1, 0.15) is 16.3 Å². The first-order chi connectivity index (χ1) is 12.9. The molecule has 0 spiro atoms. The molecule has 2 aliphatic rings. The Hall–Kier alpha value is -1.75. The highest BCUT2D eigenvalue weighted by molar-refractivity contribution is 7.91. The zero-order valence-corrected chi connectivity index (χ0v) is 16.8. The van der Waals surface area contributed by atoms with Crippen LogP contribution in [0.3, 0.4) is 0 Å². The van der Waals surface area contributed by atoms with E-state index in [1.807, 2.05) is 17.5 Å². The second-order valence-corrected chi connectivity index (χ2v) is 10.6. The third-order valence-electron chi connectivity index (χ3n) is 4.87. The first kappa shape index (κ1) is 18.6. The number of nitrogens with one attached hydrogen (secondary N) is 2. The highest BCUT2D eigenvalue weighted by Gasteiger charge is 2.44. The first-order valence-corrected chi connectivity index (χ1v) is 11.9. The molecule has 7 nitrogen and oxygen atoms in total. The molecule has 3 atom stereocenters. The second-order valence-electron chi connectivity index (χ2n) is 6.67. The molecular formula is C17H19N3O4S3. The summed E-state index contributed by atoms with van der Waals surface area (Å²) in [6.07, 6.45) is 1.26. The van der Waals surface area contributed by atoms with Gasteiger partial charge >= 0.3 is 0 Å². The van der Waals surface area contributed by atoms with E-state index < -0.39 is 22.1 Å². The average molecular weight is 426 g/mol. The van der Waals surface area contributed by atoms with Gasteiger partial charge in [0, 0.05) is 23.9 Å². The highest BCUT2D eigenvalue weighted by atomic mass is 32.2. The number of carbonyl (C=O) groups is 2. The zero-order chi connectivity index (χ0) is 19.0. The maximum atomic E-state index is 12.8. The lowest BCUT2D eigenvalue weighted by molar-refractivity contribution is -0.151. The molecule has 144 valence electrons. The second kappa shape index (κ2) is 7.34. The van der Waals surface area contributed by atoms with Gasteiger partial charge in [-0.3, -0.25) is 9.59 Å². The molecule has 2 N–H and O–H groups in total. The third-order valence-corrected chi connectivity index (χ3v) is 8.69. The van der Waals surface area contributed by atoms with Crippen molar-refractivity contribution in [3.8, 4) is 0 Å². The molecule has 2 aromatic rings. The van der Waals surface area contributed by atoms with Crippen molar-refractivity contribution in [3.63, 3.8) is 0 Å². The molecule has 4 heterocycles. The standard InChI is InChI=1S/C17H19N3O4S3/c21-16-14-9-11(19-27(23,24)15-4-2-8-26-15)5-6-20(14)17(22)13(18-16)10-12-3-1-7-25-12/h1-4,7-8,11,13-14,19H,5-6,9-10H2,(H,18,21). The van der Waals surface area contributed by atoms with E-state index in [4.69, 9.17) is 0 Å². The fraction of sp³-hybridized carbons (Fsp3) is 0.412. The van der Waals surface area contributed by atoms with Gasteiger partial charge in [-0.05, 0) is 35.7 Å². The molecule has 2 saturated heterocycles. The van der Waals surface area contributed by atoms with Crippen molar-refractivity contribution in [2.75, 3.05) is 6.54 Å². The maximum Gasteiger partial charge on any atom is 0.250 e. The molecule has 0 bridgehead atoms. The fourth-order valence-electron chi connectivity index (χ4n) is 3.58. The Kier molecular flexibility index (Phi) is 5.06. The Morgan fingerprint density at radius 1 is 1.19 bits per heavy atom. The van der Waals surface area contributed by atoms with Crippen LogP contribution in [0.5, 0.6) is 0 Å². The summed E-state index contributed by atoms with van der Waals surface area (Å²) in [5, 5.41) is 6.47. The molecule has 2 fully saturated rings. The Morgan fingerprint density at radius 3 is 2.67 bits per heavy atom. The number of thiophene rings is 2. The van der Waals surface area contributed by atoms with E-state index in [0.717, 1.165) is 16.2 Å². The number of carbonyl (C=O) groups excluding carboxylic acids is 2. The van der Waals surface area contributed by atoms with Crippen molar-refractivity contribution in [1.29, 1.82) is 0 Å². The molecule has 10 heteroatoms. The van der Waals surface area contributed by atoms with Crippen LogP contribution < -0.4 is 10.0 Å². The van der Waals surface area contributed by atoms with Gasteiger partial charge in [-0.15, -0.1) is 22.7 Å². The Labute approximate surface area is 165 Å². The average Bonchev–Trinajstić information content (AvgIpc) is 3.33. The van der Waals surface area contributed by atoms with Crippen molar-refractivity contribution in [1.82, 2.24) is 14.9 Å². The van der Waals surface area contributed by atoms with Crippen LogP contribution in [0.25, 0.3) is 0 Å². The van der Waals surface area contributed by atoms with Crippen molar-refractivity contribution in [2.45, 2.75) is 41.6 Å². The fourth-order valence-corrected chi connectivity index (χ4v) is 6.62. The van der Waals surface area contributed by atoms with Crippen LogP contribution in [-0.2, 0) is 26.0 Å². The lowest BCUT2D eigenvalue weighted by Crippen LogP contribution is -2.67. The number of nitrogens with zero attached hydrogens (tertiary/aromatic N) is 1. The summed E-state index contributed by atoms with van der Waals surface area (Å²) < 4.78 is 27.8. The third kappa shape index (κ3) is 3.79. The smallest absolute Gasteiger partial charge is 0.250 e. The summed E-state index contributed by atoms with van der Waals surface area (Å²) in [6, 6.07) is 5.56. The van der Waals surface area contributed by atoms with Crippen LogP contribution in [0, 0.1) is 0 Å². The van der Waals surface area contributed by atoms with E-state index in [-0.39, 0.29) is 28.5 Å². The number of hydrogen-bond acceptors (Lipinski definition) is 6. The zero-order valence-electron chi connectivity index (χ0n) is 14.3. The van der Waals surface area contributed by atoms with Crippen LogP contribution in [0.1, 0.15) is 17.7 Å².